The molecule has 0 aromatic carbocycles. The molecule has 68 valence electrons. The van der Waals surface area contributed by atoms with Gasteiger partial charge < -0.3 is 5.32 Å². The van der Waals surface area contributed by atoms with E-state index in [1.54, 1.807) is 24.4 Å². The van der Waals surface area contributed by atoms with Gasteiger partial charge in [-0.2, -0.15) is 0 Å². The summed E-state index contributed by atoms with van der Waals surface area (Å²) in [7, 11) is 0. The molecule has 1 rings (SSSR count). The molecule has 0 atom stereocenters. The first-order valence-electron chi connectivity index (χ1n) is 3.89. The van der Waals surface area contributed by atoms with E-state index in [0.717, 1.165) is 0 Å². The van der Waals surface area contributed by atoms with E-state index >= 15 is 0 Å². The smallest absolute Gasteiger partial charge is 0.217 e. The van der Waals surface area contributed by atoms with E-state index in [9.17, 15) is 9.59 Å². The lowest BCUT2D eigenvalue weighted by molar-refractivity contribution is -0.118. The highest BCUT2D eigenvalue weighted by atomic mass is 16.2. The molecular formula is C9H10N2O2. The van der Waals surface area contributed by atoms with Gasteiger partial charge in [0, 0.05) is 13.1 Å². The molecule has 0 aliphatic rings. The summed E-state index contributed by atoms with van der Waals surface area (Å²) >= 11 is 0. The van der Waals surface area contributed by atoms with E-state index in [-0.39, 0.29) is 18.2 Å². The van der Waals surface area contributed by atoms with Crippen LogP contribution in [0.2, 0.25) is 0 Å². The molecule has 0 saturated heterocycles. The summed E-state index contributed by atoms with van der Waals surface area (Å²) in [6.45, 7) is 1.37. The van der Waals surface area contributed by atoms with E-state index in [4.69, 9.17) is 0 Å². The Morgan fingerprint density at radius 2 is 2.23 bits per heavy atom. The summed E-state index contributed by atoms with van der Waals surface area (Å²) in [5.74, 6) is -0.403. The first-order chi connectivity index (χ1) is 6.20. The Bertz CT molecular complexity index is 309. The number of nitrogens with one attached hydrogen (secondary N) is 1. The van der Waals surface area contributed by atoms with Gasteiger partial charge in [0.1, 0.15) is 5.69 Å². The minimum atomic E-state index is -0.218. The number of hydrogen-bond donors (Lipinski definition) is 1. The minimum absolute atomic E-state index is 0.00630. The molecule has 0 saturated carbocycles. The second-order valence-electron chi connectivity index (χ2n) is 2.55. The van der Waals surface area contributed by atoms with Crippen molar-refractivity contribution in [2.75, 3.05) is 6.54 Å². The zero-order valence-corrected chi connectivity index (χ0v) is 7.28. The maximum Gasteiger partial charge on any atom is 0.217 e. The lowest BCUT2D eigenvalue weighted by Crippen LogP contribution is -2.27. The third-order valence-electron chi connectivity index (χ3n) is 1.45. The van der Waals surface area contributed by atoms with Gasteiger partial charge in [0.25, 0.3) is 0 Å². The topological polar surface area (TPSA) is 59.1 Å². The summed E-state index contributed by atoms with van der Waals surface area (Å²) in [4.78, 5) is 25.6. The van der Waals surface area contributed by atoms with Crippen LogP contribution >= 0.6 is 0 Å². The standard InChI is InChI=1S/C9H10N2O2/c1-7(12)11-6-9(13)8-4-2-3-5-10-8/h2-5H,6H2,1H3,(H,11,12). The van der Waals surface area contributed by atoms with E-state index in [0.29, 0.717) is 5.69 Å². The number of rotatable bonds is 3. The summed E-state index contributed by atoms with van der Waals surface area (Å²) in [5, 5.41) is 2.42. The van der Waals surface area contributed by atoms with E-state index < -0.39 is 0 Å². The Morgan fingerprint density at radius 3 is 2.77 bits per heavy atom. The van der Waals surface area contributed by atoms with Crippen LogP contribution in [0.15, 0.2) is 24.4 Å². The summed E-state index contributed by atoms with van der Waals surface area (Å²) in [5.41, 5.74) is 0.372. The van der Waals surface area contributed by atoms with Crippen molar-refractivity contribution in [3.8, 4) is 0 Å². The normalized spacial score (nSPS) is 9.31. The highest BCUT2D eigenvalue weighted by Crippen LogP contribution is 1.93. The molecule has 0 aliphatic carbocycles. The van der Waals surface area contributed by atoms with Gasteiger partial charge in [0.15, 0.2) is 5.78 Å². The molecule has 0 fully saturated rings. The molecule has 1 heterocycles. The molecule has 0 radical (unpaired) electrons. The number of nitrogens with zero attached hydrogens (tertiary/aromatic N) is 1. The molecule has 1 amide bonds. The molecule has 4 heteroatoms. The van der Waals surface area contributed by atoms with Crippen LogP contribution in [0, 0.1) is 0 Å². The van der Waals surface area contributed by atoms with Crippen molar-refractivity contribution in [2.24, 2.45) is 0 Å². The Hall–Kier alpha value is -1.71. The number of ketones is 1. The lowest BCUT2D eigenvalue weighted by atomic mass is 10.2. The van der Waals surface area contributed by atoms with Crippen LogP contribution in [-0.2, 0) is 4.79 Å². The van der Waals surface area contributed by atoms with Crippen LogP contribution < -0.4 is 5.32 Å². The second kappa shape index (κ2) is 4.35. The number of amides is 1. The van der Waals surface area contributed by atoms with Gasteiger partial charge in [-0.05, 0) is 12.1 Å². The van der Waals surface area contributed by atoms with Crippen molar-refractivity contribution < 1.29 is 9.59 Å². The first-order valence-corrected chi connectivity index (χ1v) is 3.89. The number of Topliss-reactive ketones (excluding diaryl/α,β-unsaturated/α-hetero) is 1. The quantitative estimate of drug-likeness (QED) is 0.681. The average Bonchev–Trinajstić information content (AvgIpc) is 2.15. The third-order valence-corrected chi connectivity index (χ3v) is 1.45. The second-order valence-corrected chi connectivity index (χ2v) is 2.55. The Labute approximate surface area is 76.0 Å². The van der Waals surface area contributed by atoms with Gasteiger partial charge in [-0.3, -0.25) is 14.6 Å². The number of aromatic nitrogens is 1. The maximum atomic E-state index is 11.3. The molecule has 1 N–H and O–H groups in total. The first kappa shape index (κ1) is 9.38. The molecule has 0 unspecified atom stereocenters. The fraction of sp³-hybridized carbons (Fsp3) is 0.222. The molecule has 1 aromatic rings. The summed E-state index contributed by atoms with van der Waals surface area (Å²) in [6, 6.07) is 5.08. The number of hydrogen-bond acceptors (Lipinski definition) is 3. The average molecular weight is 178 g/mol. The van der Waals surface area contributed by atoms with Crippen molar-refractivity contribution >= 4 is 11.7 Å². The summed E-state index contributed by atoms with van der Waals surface area (Å²) < 4.78 is 0. The molecule has 0 aliphatic heterocycles. The maximum absolute atomic E-state index is 11.3. The zero-order chi connectivity index (χ0) is 9.68. The predicted octanol–water partition coefficient (Wildman–Crippen LogP) is 0.400. The van der Waals surface area contributed by atoms with Crippen LogP contribution in [0.4, 0.5) is 0 Å². The zero-order valence-electron chi connectivity index (χ0n) is 7.28. The lowest BCUT2D eigenvalue weighted by Gasteiger charge is -1.99. The van der Waals surface area contributed by atoms with E-state index in [1.807, 2.05) is 0 Å². The van der Waals surface area contributed by atoms with Gasteiger partial charge in [0.2, 0.25) is 5.91 Å². The van der Waals surface area contributed by atoms with E-state index in [1.165, 1.54) is 6.92 Å². The van der Waals surface area contributed by atoms with Crippen LogP contribution in [-0.4, -0.2) is 23.2 Å². The van der Waals surface area contributed by atoms with Crippen molar-refractivity contribution in [2.45, 2.75) is 6.92 Å². The Balaban J connectivity index is 2.54. The van der Waals surface area contributed by atoms with Crippen LogP contribution in [0.5, 0.6) is 0 Å². The van der Waals surface area contributed by atoms with Crippen LogP contribution in [0.25, 0.3) is 0 Å². The number of pyridine rings is 1. The van der Waals surface area contributed by atoms with Crippen molar-refractivity contribution in [3.63, 3.8) is 0 Å². The van der Waals surface area contributed by atoms with Gasteiger partial charge in [-0.25, -0.2) is 0 Å². The number of carbonyl (C=O) groups is 2. The molecule has 1 aromatic heterocycles. The third kappa shape index (κ3) is 3.02. The highest BCUT2D eigenvalue weighted by Gasteiger charge is 2.05. The largest absolute Gasteiger partial charge is 0.349 e. The van der Waals surface area contributed by atoms with Gasteiger partial charge in [-0.15, -0.1) is 0 Å². The molecule has 0 spiro atoms. The number of carbonyl (C=O) groups excluding carboxylic acids is 2. The Kier molecular flexibility index (Phi) is 3.14. The Morgan fingerprint density at radius 1 is 1.46 bits per heavy atom. The van der Waals surface area contributed by atoms with Crippen molar-refractivity contribution in [3.05, 3.63) is 30.1 Å². The van der Waals surface area contributed by atoms with Gasteiger partial charge in [0.05, 0.1) is 6.54 Å². The van der Waals surface area contributed by atoms with Gasteiger partial charge in [-0.1, -0.05) is 6.07 Å². The predicted molar refractivity (Wildman–Crippen MR) is 47.3 cm³/mol. The molecule has 0 bridgehead atoms. The molecule has 13 heavy (non-hydrogen) atoms. The van der Waals surface area contributed by atoms with Crippen molar-refractivity contribution in [1.29, 1.82) is 0 Å². The monoisotopic (exact) mass is 178 g/mol. The van der Waals surface area contributed by atoms with Gasteiger partial charge >= 0.3 is 0 Å². The minimum Gasteiger partial charge on any atom is -0.349 e. The SMILES string of the molecule is CC(=O)NCC(=O)c1ccccn1. The van der Waals surface area contributed by atoms with Crippen LogP contribution in [0.1, 0.15) is 17.4 Å². The van der Waals surface area contributed by atoms with Crippen LogP contribution in [0.3, 0.4) is 0 Å². The molecule has 4 nitrogen and oxygen atoms in total. The van der Waals surface area contributed by atoms with Crippen molar-refractivity contribution in [1.82, 2.24) is 10.3 Å². The summed E-state index contributed by atoms with van der Waals surface area (Å²) in [6.07, 6.45) is 1.54. The molecular weight excluding hydrogens is 168 g/mol. The highest BCUT2D eigenvalue weighted by molar-refractivity contribution is 5.97. The van der Waals surface area contributed by atoms with E-state index in [2.05, 4.69) is 10.3 Å². The fourth-order valence-corrected chi connectivity index (χ4v) is 0.823. The fourth-order valence-electron chi connectivity index (χ4n) is 0.823.